The molecule has 122 valence electrons. The fraction of sp³-hybridized carbons (Fsp3) is 0.0476. The molecule has 0 bridgehead atoms. The van der Waals surface area contributed by atoms with Crippen molar-refractivity contribution in [1.82, 2.24) is 4.98 Å². The molecular formula is C21H15NO3. The van der Waals surface area contributed by atoms with Gasteiger partial charge in [-0.3, -0.25) is 0 Å². The Bertz CT molecular complexity index is 1110. The van der Waals surface area contributed by atoms with Crippen LogP contribution in [0.1, 0.15) is 10.4 Å². The zero-order valence-corrected chi connectivity index (χ0v) is 13.6. The third kappa shape index (κ3) is 2.48. The Morgan fingerprint density at radius 2 is 1.68 bits per heavy atom. The maximum absolute atomic E-state index is 11.8. The summed E-state index contributed by atoms with van der Waals surface area (Å²) in [6, 6.07) is 20.9. The molecule has 0 radical (unpaired) electrons. The Kier molecular flexibility index (Phi) is 3.58. The molecule has 3 aromatic carbocycles. The van der Waals surface area contributed by atoms with Crippen LogP contribution in [-0.4, -0.2) is 23.2 Å². The number of hydrogen-bond donors (Lipinski definition) is 1. The second-order valence-corrected chi connectivity index (χ2v) is 5.74. The SMILES string of the molecule is COc1cccc2c(C(=O)O)cc(-c3cccc4ccccc34)nc12. The molecule has 0 unspecified atom stereocenters. The van der Waals surface area contributed by atoms with Crippen molar-refractivity contribution in [3.63, 3.8) is 0 Å². The maximum atomic E-state index is 11.8. The van der Waals surface area contributed by atoms with Crippen LogP contribution in [0.3, 0.4) is 0 Å². The summed E-state index contributed by atoms with van der Waals surface area (Å²) in [7, 11) is 1.56. The van der Waals surface area contributed by atoms with Crippen molar-refractivity contribution in [3.05, 3.63) is 72.3 Å². The number of fused-ring (bicyclic) bond motifs is 2. The molecular weight excluding hydrogens is 314 g/mol. The van der Waals surface area contributed by atoms with Crippen LogP contribution in [0, 0.1) is 0 Å². The molecule has 1 aromatic heterocycles. The summed E-state index contributed by atoms with van der Waals surface area (Å²) < 4.78 is 5.39. The molecule has 0 fully saturated rings. The van der Waals surface area contributed by atoms with E-state index in [1.807, 2.05) is 42.5 Å². The smallest absolute Gasteiger partial charge is 0.336 e. The quantitative estimate of drug-likeness (QED) is 0.588. The van der Waals surface area contributed by atoms with E-state index in [0.29, 0.717) is 22.3 Å². The summed E-state index contributed by atoms with van der Waals surface area (Å²) in [5.74, 6) is -0.427. The average Bonchev–Trinajstić information content (AvgIpc) is 2.66. The summed E-state index contributed by atoms with van der Waals surface area (Å²) in [5.41, 5.74) is 2.28. The minimum absolute atomic E-state index is 0.215. The van der Waals surface area contributed by atoms with Gasteiger partial charge in [0.2, 0.25) is 0 Å². The van der Waals surface area contributed by atoms with Crippen LogP contribution in [-0.2, 0) is 0 Å². The number of ether oxygens (including phenoxy) is 1. The number of aromatic carboxylic acids is 1. The van der Waals surface area contributed by atoms with Gasteiger partial charge < -0.3 is 9.84 Å². The van der Waals surface area contributed by atoms with E-state index < -0.39 is 5.97 Å². The first kappa shape index (κ1) is 15.1. The first-order chi connectivity index (χ1) is 12.2. The molecule has 0 aliphatic carbocycles. The molecule has 0 spiro atoms. The molecule has 1 heterocycles. The maximum Gasteiger partial charge on any atom is 0.336 e. The topological polar surface area (TPSA) is 59.4 Å². The monoisotopic (exact) mass is 329 g/mol. The van der Waals surface area contributed by atoms with E-state index in [9.17, 15) is 9.90 Å². The fourth-order valence-electron chi connectivity index (χ4n) is 3.15. The zero-order chi connectivity index (χ0) is 17.4. The van der Waals surface area contributed by atoms with Crippen molar-refractivity contribution in [3.8, 4) is 17.0 Å². The van der Waals surface area contributed by atoms with Gasteiger partial charge in [0.05, 0.1) is 18.4 Å². The van der Waals surface area contributed by atoms with Gasteiger partial charge in [-0.15, -0.1) is 0 Å². The van der Waals surface area contributed by atoms with Crippen molar-refractivity contribution in [2.24, 2.45) is 0 Å². The lowest BCUT2D eigenvalue weighted by molar-refractivity contribution is 0.0699. The summed E-state index contributed by atoms with van der Waals surface area (Å²) in [6.45, 7) is 0. The van der Waals surface area contributed by atoms with Gasteiger partial charge in [-0.1, -0.05) is 54.6 Å². The van der Waals surface area contributed by atoms with Gasteiger partial charge >= 0.3 is 5.97 Å². The number of para-hydroxylation sites is 1. The number of aromatic nitrogens is 1. The van der Waals surface area contributed by atoms with E-state index in [1.54, 1.807) is 31.4 Å². The van der Waals surface area contributed by atoms with Crippen molar-refractivity contribution in [2.75, 3.05) is 7.11 Å². The lowest BCUT2D eigenvalue weighted by atomic mass is 9.99. The number of pyridine rings is 1. The number of benzene rings is 3. The van der Waals surface area contributed by atoms with E-state index in [0.717, 1.165) is 16.3 Å². The first-order valence-electron chi connectivity index (χ1n) is 7.88. The standard InChI is InChI=1S/C21H15NO3/c1-25-19-11-5-10-16-17(21(23)24)12-18(22-20(16)19)15-9-4-7-13-6-2-3-8-14(13)15/h2-12H,1H3,(H,23,24). The molecule has 25 heavy (non-hydrogen) atoms. The van der Waals surface area contributed by atoms with Crippen LogP contribution >= 0.6 is 0 Å². The fourth-order valence-corrected chi connectivity index (χ4v) is 3.15. The van der Waals surface area contributed by atoms with Gasteiger partial charge in [-0.05, 0) is 22.9 Å². The molecule has 4 heteroatoms. The minimum Gasteiger partial charge on any atom is -0.494 e. The molecule has 0 saturated carbocycles. The molecule has 1 N–H and O–H groups in total. The number of carbonyl (C=O) groups is 1. The van der Waals surface area contributed by atoms with Gasteiger partial charge in [0.1, 0.15) is 11.3 Å². The number of hydrogen-bond acceptors (Lipinski definition) is 3. The zero-order valence-electron chi connectivity index (χ0n) is 13.6. The Morgan fingerprint density at radius 1 is 0.960 bits per heavy atom. The van der Waals surface area contributed by atoms with Crippen molar-refractivity contribution >= 4 is 27.6 Å². The van der Waals surface area contributed by atoms with Crippen molar-refractivity contribution in [2.45, 2.75) is 0 Å². The van der Waals surface area contributed by atoms with Gasteiger partial charge in [0.15, 0.2) is 0 Å². The van der Waals surface area contributed by atoms with Gasteiger partial charge in [0.25, 0.3) is 0 Å². The molecule has 0 aliphatic rings. The molecule has 0 saturated heterocycles. The molecule has 0 aliphatic heterocycles. The normalized spacial score (nSPS) is 10.9. The largest absolute Gasteiger partial charge is 0.494 e. The first-order valence-corrected chi connectivity index (χ1v) is 7.88. The van der Waals surface area contributed by atoms with E-state index in [1.165, 1.54) is 0 Å². The van der Waals surface area contributed by atoms with Gasteiger partial charge in [0, 0.05) is 10.9 Å². The van der Waals surface area contributed by atoms with Crippen LogP contribution in [0.2, 0.25) is 0 Å². The van der Waals surface area contributed by atoms with Crippen LogP contribution in [0.5, 0.6) is 5.75 Å². The van der Waals surface area contributed by atoms with E-state index in [2.05, 4.69) is 0 Å². The predicted molar refractivity (Wildman–Crippen MR) is 98.2 cm³/mol. The lowest BCUT2D eigenvalue weighted by Crippen LogP contribution is -2.01. The van der Waals surface area contributed by atoms with Crippen LogP contribution in [0.25, 0.3) is 32.9 Å². The Hall–Kier alpha value is -3.40. The summed E-state index contributed by atoms with van der Waals surface area (Å²) in [5, 5.41) is 12.3. The molecule has 0 atom stereocenters. The Balaban J connectivity index is 2.10. The predicted octanol–water partition coefficient (Wildman–Crippen LogP) is 4.76. The Morgan fingerprint density at radius 3 is 2.48 bits per heavy atom. The highest BCUT2D eigenvalue weighted by Gasteiger charge is 2.16. The molecule has 4 rings (SSSR count). The number of nitrogens with zero attached hydrogens (tertiary/aromatic N) is 1. The summed E-state index contributed by atoms with van der Waals surface area (Å²) in [4.78, 5) is 16.5. The second-order valence-electron chi connectivity index (χ2n) is 5.74. The number of carboxylic acids is 1. The number of rotatable bonds is 3. The van der Waals surface area contributed by atoms with Gasteiger partial charge in [-0.2, -0.15) is 0 Å². The summed E-state index contributed by atoms with van der Waals surface area (Å²) >= 11 is 0. The van der Waals surface area contributed by atoms with Crippen LogP contribution in [0.4, 0.5) is 0 Å². The Labute approximate surface area is 144 Å². The van der Waals surface area contributed by atoms with E-state index in [-0.39, 0.29) is 5.56 Å². The second kappa shape index (κ2) is 5.91. The molecule has 4 nitrogen and oxygen atoms in total. The third-order valence-electron chi connectivity index (χ3n) is 4.32. The number of methoxy groups -OCH3 is 1. The van der Waals surface area contributed by atoms with Crippen LogP contribution < -0.4 is 4.74 Å². The van der Waals surface area contributed by atoms with Crippen molar-refractivity contribution < 1.29 is 14.6 Å². The highest BCUT2D eigenvalue weighted by Crippen LogP contribution is 2.33. The highest BCUT2D eigenvalue weighted by atomic mass is 16.5. The molecule has 4 aromatic rings. The van der Waals surface area contributed by atoms with E-state index >= 15 is 0 Å². The highest BCUT2D eigenvalue weighted by molar-refractivity contribution is 6.06. The third-order valence-corrected chi connectivity index (χ3v) is 4.32. The minimum atomic E-state index is -0.984. The van der Waals surface area contributed by atoms with Crippen LogP contribution in [0.15, 0.2) is 66.7 Å². The van der Waals surface area contributed by atoms with Gasteiger partial charge in [-0.25, -0.2) is 9.78 Å². The molecule has 0 amide bonds. The average molecular weight is 329 g/mol. The number of carboxylic acid groups (broad SMARTS) is 1. The van der Waals surface area contributed by atoms with Crippen molar-refractivity contribution in [1.29, 1.82) is 0 Å². The van der Waals surface area contributed by atoms with E-state index in [4.69, 9.17) is 9.72 Å². The lowest BCUT2D eigenvalue weighted by Gasteiger charge is -2.11. The summed E-state index contributed by atoms with van der Waals surface area (Å²) in [6.07, 6.45) is 0.